The number of rotatable bonds is 1. The average Bonchev–Trinajstić information content (AvgIpc) is 3.02. The van der Waals surface area contributed by atoms with E-state index in [9.17, 15) is 9.50 Å². The van der Waals surface area contributed by atoms with Gasteiger partial charge in [-0.05, 0) is 29.3 Å². The highest BCUT2D eigenvalue weighted by molar-refractivity contribution is 7.99. The third kappa shape index (κ3) is 1.94. The van der Waals surface area contributed by atoms with Gasteiger partial charge < -0.3 is 5.11 Å². The Bertz CT molecular complexity index is 766. The normalized spacial score (nSPS) is 25.7. The second kappa shape index (κ2) is 4.81. The van der Waals surface area contributed by atoms with Gasteiger partial charge in [-0.3, -0.25) is 5.32 Å². The zero-order valence-electron chi connectivity index (χ0n) is 11.8. The lowest BCUT2D eigenvalue weighted by atomic mass is 9.98. The molecule has 0 saturated heterocycles. The molecule has 7 heteroatoms. The maximum absolute atomic E-state index is 13.2. The molecule has 0 spiro atoms. The Morgan fingerprint density at radius 2 is 2.18 bits per heavy atom. The molecule has 0 radical (unpaired) electrons. The van der Waals surface area contributed by atoms with Gasteiger partial charge in [0.05, 0.1) is 0 Å². The number of aliphatic hydroxyl groups is 1. The number of nitrogens with one attached hydrogen (secondary N) is 1. The lowest BCUT2D eigenvalue weighted by Crippen LogP contribution is -2.54. The van der Waals surface area contributed by atoms with E-state index in [2.05, 4.69) is 10.3 Å². The first-order chi connectivity index (χ1) is 10.5. The Labute approximate surface area is 136 Å². The molecule has 2 aromatic rings. The van der Waals surface area contributed by atoms with Gasteiger partial charge >= 0.3 is 5.28 Å². The van der Waals surface area contributed by atoms with Crippen LogP contribution in [-0.2, 0) is 12.1 Å². The second-order valence-corrected chi connectivity index (χ2v) is 7.11. The van der Waals surface area contributed by atoms with Crippen LogP contribution < -0.4 is 9.88 Å². The number of fused-ring (bicyclic) bond motifs is 3. The Hall–Kier alpha value is -1.37. The van der Waals surface area contributed by atoms with Crippen LogP contribution in [0.3, 0.4) is 0 Å². The summed E-state index contributed by atoms with van der Waals surface area (Å²) in [5, 5.41) is 14.6. The van der Waals surface area contributed by atoms with Crippen LogP contribution in [0.15, 0.2) is 29.2 Å². The highest BCUT2D eigenvalue weighted by Crippen LogP contribution is 2.44. The van der Waals surface area contributed by atoms with Gasteiger partial charge in [0.1, 0.15) is 16.4 Å². The van der Waals surface area contributed by atoms with E-state index in [1.165, 1.54) is 12.1 Å². The van der Waals surface area contributed by atoms with Gasteiger partial charge in [-0.2, -0.15) is 4.57 Å². The summed E-state index contributed by atoms with van der Waals surface area (Å²) < 4.78 is 14.8. The quantitative estimate of drug-likeness (QED) is 0.620. The molecule has 4 nitrogen and oxygen atoms in total. The van der Waals surface area contributed by atoms with E-state index in [0.29, 0.717) is 0 Å². The van der Waals surface area contributed by atoms with Gasteiger partial charge in [0, 0.05) is 19.1 Å². The smallest absolute Gasteiger partial charge is 0.337 e. The van der Waals surface area contributed by atoms with Crippen LogP contribution in [0.25, 0.3) is 0 Å². The minimum atomic E-state index is -1.28. The molecule has 0 fully saturated rings. The van der Waals surface area contributed by atoms with E-state index in [4.69, 9.17) is 11.6 Å². The summed E-state index contributed by atoms with van der Waals surface area (Å²) in [6.45, 7) is 1.68. The van der Waals surface area contributed by atoms with Gasteiger partial charge in [-0.25, -0.2) is 4.39 Å². The van der Waals surface area contributed by atoms with Gasteiger partial charge in [0.25, 0.3) is 0 Å². The Balaban J connectivity index is 1.86. The van der Waals surface area contributed by atoms with Crippen molar-refractivity contribution in [2.75, 3.05) is 11.1 Å². The van der Waals surface area contributed by atoms with E-state index in [1.54, 1.807) is 35.4 Å². The molecule has 4 rings (SSSR count). The number of benzene rings is 1. The first kappa shape index (κ1) is 14.2. The van der Waals surface area contributed by atoms with Gasteiger partial charge in [-0.15, -0.1) is 11.8 Å². The van der Waals surface area contributed by atoms with Crippen molar-refractivity contribution in [3.63, 3.8) is 0 Å². The van der Waals surface area contributed by atoms with Crippen molar-refractivity contribution in [1.29, 1.82) is 0 Å². The lowest BCUT2D eigenvalue weighted by molar-refractivity contribution is -0.785. The Kier molecular flexibility index (Phi) is 3.11. The van der Waals surface area contributed by atoms with E-state index in [-0.39, 0.29) is 11.1 Å². The summed E-state index contributed by atoms with van der Waals surface area (Å²) in [6.07, 6.45) is 0.874. The van der Waals surface area contributed by atoms with Crippen LogP contribution in [0.5, 0.6) is 0 Å². The summed E-state index contributed by atoms with van der Waals surface area (Å²) in [6, 6.07) is 5.70. The van der Waals surface area contributed by atoms with Crippen molar-refractivity contribution in [2.24, 2.45) is 0 Å². The molecule has 0 saturated carbocycles. The first-order valence-corrected chi connectivity index (χ1v) is 8.37. The highest BCUT2D eigenvalue weighted by Gasteiger charge is 2.52. The van der Waals surface area contributed by atoms with Crippen molar-refractivity contribution in [3.05, 3.63) is 46.6 Å². The predicted molar refractivity (Wildman–Crippen MR) is 82.5 cm³/mol. The average molecular weight is 339 g/mol. The SMILES string of the molecule is CC1(O)C(c2ccc(F)cc2)Nc2c3c(nc(Cl)[n+]21)CCS3. The van der Waals surface area contributed by atoms with Gasteiger partial charge in [0.2, 0.25) is 11.5 Å². The lowest BCUT2D eigenvalue weighted by Gasteiger charge is -2.22. The number of anilines is 1. The number of thioether (sulfide) groups is 1. The monoisotopic (exact) mass is 338 g/mol. The van der Waals surface area contributed by atoms with E-state index in [0.717, 1.165) is 34.1 Å². The molecular weight excluding hydrogens is 325 g/mol. The molecule has 0 amide bonds. The third-order valence-electron chi connectivity index (χ3n) is 4.18. The molecule has 3 heterocycles. The zero-order valence-corrected chi connectivity index (χ0v) is 13.4. The first-order valence-electron chi connectivity index (χ1n) is 7.00. The molecular formula is C15H14ClFN3OS+. The number of halogens is 2. The molecule has 2 aliphatic heterocycles. The Morgan fingerprint density at radius 1 is 1.45 bits per heavy atom. The number of aryl methyl sites for hydroxylation is 1. The van der Waals surface area contributed by atoms with Gasteiger partial charge in [-0.1, -0.05) is 17.1 Å². The van der Waals surface area contributed by atoms with Crippen LogP contribution in [0, 0.1) is 5.82 Å². The second-order valence-electron chi connectivity index (χ2n) is 5.66. The fraction of sp³-hybridized carbons (Fsp3) is 0.333. The van der Waals surface area contributed by atoms with Crippen molar-refractivity contribution in [1.82, 2.24) is 4.98 Å². The number of nitrogens with zero attached hydrogens (tertiary/aromatic N) is 2. The fourth-order valence-electron chi connectivity index (χ4n) is 3.11. The molecule has 2 atom stereocenters. The number of aromatic nitrogens is 2. The molecule has 2 unspecified atom stereocenters. The number of hydrogen-bond donors (Lipinski definition) is 2. The van der Waals surface area contributed by atoms with E-state index in [1.807, 2.05) is 0 Å². The summed E-state index contributed by atoms with van der Waals surface area (Å²) in [4.78, 5) is 5.45. The van der Waals surface area contributed by atoms with Crippen LogP contribution >= 0.6 is 23.4 Å². The molecule has 1 aromatic carbocycles. The maximum Gasteiger partial charge on any atom is 0.337 e. The predicted octanol–water partition coefficient (Wildman–Crippen LogP) is 2.64. The largest absolute Gasteiger partial charge is 0.356 e. The molecule has 2 aliphatic rings. The van der Waals surface area contributed by atoms with Crippen LogP contribution in [0.2, 0.25) is 5.28 Å². The van der Waals surface area contributed by atoms with E-state index < -0.39 is 11.8 Å². The Morgan fingerprint density at radius 3 is 2.91 bits per heavy atom. The minimum Gasteiger partial charge on any atom is -0.356 e. The van der Waals surface area contributed by atoms with Crippen molar-refractivity contribution >= 4 is 29.2 Å². The molecule has 0 aliphatic carbocycles. The van der Waals surface area contributed by atoms with Crippen molar-refractivity contribution < 1.29 is 14.1 Å². The molecule has 114 valence electrons. The summed E-state index contributed by atoms with van der Waals surface area (Å²) >= 11 is 8.01. The zero-order chi connectivity index (χ0) is 15.5. The summed E-state index contributed by atoms with van der Waals surface area (Å²) in [5.41, 5.74) is 0.474. The third-order valence-corrected chi connectivity index (χ3v) is 5.56. The van der Waals surface area contributed by atoms with E-state index >= 15 is 0 Å². The fourth-order valence-corrected chi connectivity index (χ4v) is 4.57. The van der Waals surface area contributed by atoms with Crippen molar-refractivity contribution in [3.8, 4) is 0 Å². The summed E-state index contributed by atoms with van der Waals surface area (Å²) in [5.74, 6) is 1.44. The van der Waals surface area contributed by atoms with Crippen LogP contribution in [0.1, 0.15) is 24.2 Å². The molecule has 0 bridgehead atoms. The standard InChI is InChI=1S/C15H13ClFN3OS/c1-15(21)12(8-2-4-9(17)5-3-8)19-13-11-10(6-7-22-11)18-14(16)20(13)15/h2-5,12,21H,6-7H2,1H3/p+1. The van der Waals surface area contributed by atoms with Crippen molar-refractivity contribution in [2.45, 2.75) is 30.0 Å². The molecule has 1 aromatic heterocycles. The highest BCUT2D eigenvalue weighted by atomic mass is 35.5. The summed E-state index contributed by atoms with van der Waals surface area (Å²) in [7, 11) is 0. The molecule has 22 heavy (non-hydrogen) atoms. The van der Waals surface area contributed by atoms with Gasteiger partial charge in [0.15, 0.2) is 6.04 Å². The minimum absolute atomic E-state index is 0.262. The topological polar surface area (TPSA) is 49.0 Å². The van der Waals surface area contributed by atoms with Crippen LogP contribution in [0.4, 0.5) is 10.2 Å². The maximum atomic E-state index is 13.2. The van der Waals surface area contributed by atoms with Crippen LogP contribution in [-0.4, -0.2) is 15.8 Å². The number of hydrogen-bond acceptors (Lipinski definition) is 4. The molecule has 2 N–H and O–H groups in total.